The van der Waals surface area contributed by atoms with Crippen LogP contribution in [0.2, 0.25) is 0 Å². The fraction of sp³-hybridized carbons (Fsp3) is 0.300. The van der Waals surface area contributed by atoms with E-state index in [-0.39, 0.29) is 11.0 Å². The molecule has 0 saturated heterocycles. The van der Waals surface area contributed by atoms with Crippen molar-refractivity contribution in [3.63, 3.8) is 0 Å². The largest absolute Gasteiger partial charge is 0.294 e. The van der Waals surface area contributed by atoms with Gasteiger partial charge in [0.05, 0.1) is 23.8 Å². The summed E-state index contributed by atoms with van der Waals surface area (Å²) in [7, 11) is 0. The van der Waals surface area contributed by atoms with Gasteiger partial charge in [-0.05, 0) is 35.1 Å². The summed E-state index contributed by atoms with van der Waals surface area (Å²) in [6.45, 7) is 9.11. The minimum atomic E-state index is 0.0126. The molecule has 0 amide bonds. The fourth-order valence-electron chi connectivity index (χ4n) is 2.76. The van der Waals surface area contributed by atoms with Gasteiger partial charge in [-0.1, -0.05) is 57.2 Å². The standard InChI is InChI=1S/C20H22N2O/c1-14-6-5-7-17-18(14)21-13-22(19(17)23)12-15-8-10-16(11-9-15)20(2,3)4/h5-11,13H,12H2,1-4H3. The first-order valence-corrected chi connectivity index (χ1v) is 7.90. The Morgan fingerprint density at radius 3 is 2.39 bits per heavy atom. The molecule has 2 aromatic carbocycles. The molecule has 1 aromatic heterocycles. The van der Waals surface area contributed by atoms with Gasteiger partial charge in [-0.2, -0.15) is 0 Å². The van der Waals surface area contributed by atoms with Crippen molar-refractivity contribution < 1.29 is 0 Å². The SMILES string of the molecule is Cc1cccc2c(=O)n(Cc3ccc(C(C)(C)C)cc3)cnc12. The zero-order valence-electron chi connectivity index (χ0n) is 14.1. The van der Waals surface area contributed by atoms with Crippen molar-refractivity contribution in [1.29, 1.82) is 0 Å². The van der Waals surface area contributed by atoms with Gasteiger partial charge in [0.2, 0.25) is 0 Å². The predicted molar refractivity (Wildman–Crippen MR) is 95.0 cm³/mol. The van der Waals surface area contributed by atoms with Gasteiger partial charge in [0.1, 0.15) is 0 Å². The van der Waals surface area contributed by atoms with Crippen LogP contribution in [-0.4, -0.2) is 9.55 Å². The molecule has 0 atom stereocenters. The van der Waals surface area contributed by atoms with Gasteiger partial charge in [-0.3, -0.25) is 9.36 Å². The van der Waals surface area contributed by atoms with Crippen LogP contribution in [0.15, 0.2) is 53.6 Å². The molecule has 3 nitrogen and oxygen atoms in total. The van der Waals surface area contributed by atoms with Crippen LogP contribution >= 0.6 is 0 Å². The maximum atomic E-state index is 12.6. The average molecular weight is 306 g/mol. The van der Waals surface area contributed by atoms with Crippen molar-refractivity contribution in [3.8, 4) is 0 Å². The number of aryl methyl sites for hydroxylation is 1. The third-order valence-electron chi connectivity index (χ3n) is 4.23. The molecule has 0 bridgehead atoms. The van der Waals surface area contributed by atoms with Crippen molar-refractivity contribution in [2.45, 2.75) is 39.7 Å². The lowest BCUT2D eigenvalue weighted by atomic mass is 9.87. The lowest BCUT2D eigenvalue weighted by molar-refractivity contribution is 0.589. The minimum Gasteiger partial charge on any atom is -0.294 e. The monoisotopic (exact) mass is 306 g/mol. The van der Waals surface area contributed by atoms with E-state index in [0.717, 1.165) is 16.6 Å². The topological polar surface area (TPSA) is 34.9 Å². The normalized spacial score (nSPS) is 11.8. The maximum absolute atomic E-state index is 12.6. The Morgan fingerprint density at radius 1 is 1.04 bits per heavy atom. The Balaban J connectivity index is 1.96. The highest BCUT2D eigenvalue weighted by Crippen LogP contribution is 2.22. The molecule has 23 heavy (non-hydrogen) atoms. The van der Waals surface area contributed by atoms with E-state index in [1.165, 1.54) is 5.56 Å². The smallest absolute Gasteiger partial charge is 0.261 e. The van der Waals surface area contributed by atoms with Crippen LogP contribution < -0.4 is 5.56 Å². The van der Waals surface area contributed by atoms with Crippen LogP contribution in [0.1, 0.15) is 37.5 Å². The highest BCUT2D eigenvalue weighted by Gasteiger charge is 2.13. The number of nitrogens with zero attached hydrogens (tertiary/aromatic N) is 2. The minimum absolute atomic E-state index is 0.0126. The van der Waals surface area contributed by atoms with E-state index >= 15 is 0 Å². The van der Waals surface area contributed by atoms with Crippen molar-refractivity contribution in [2.75, 3.05) is 0 Å². The van der Waals surface area contributed by atoms with E-state index in [9.17, 15) is 4.79 Å². The third kappa shape index (κ3) is 3.04. The van der Waals surface area contributed by atoms with E-state index in [2.05, 4.69) is 50.0 Å². The first-order chi connectivity index (χ1) is 10.9. The fourth-order valence-corrected chi connectivity index (χ4v) is 2.76. The number of benzene rings is 2. The summed E-state index contributed by atoms with van der Waals surface area (Å²) in [5, 5.41) is 0.679. The van der Waals surface area contributed by atoms with Gasteiger partial charge >= 0.3 is 0 Å². The summed E-state index contributed by atoms with van der Waals surface area (Å²) in [4.78, 5) is 17.1. The van der Waals surface area contributed by atoms with Crippen molar-refractivity contribution in [1.82, 2.24) is 9.55 Å². The summed E-state index contributed by atoms with van der Waals surface area (Å²) in [6.07, 6.45) is 1.65. The van der Waals surface area contributed by atoms with E-state index in [0.29, 0.717) is 11.9 Å². The molecule has 0 aliphatic rings. The summed E-state index contributed by atoms with van der Waals surface area (Å²) in [6, 6.07) is 14.2. The average Bonchev–Trinajstić information content (AvgIpc) is 2.50. The lowest BCUT2D eigenvalue weighted by Crippen LogP contribution is -2.21. The molecule has 0 aliphatic carbocycles. The zero-order chi connectivity index (χ0) is 16.6. The van der Waals surface area contributed by atoms with Crippen LogP contribution in [0.25, 0.3) is 10.9 Å². The quantitative estimate of drug-likeness (QED) is 0.716. The third-order valence-corrected chi connectivity index (χ3v) is 4.23. The van der Waals surface area contributed by atoms with E-state index in [1.54, 1.807) is 10.9 Å². The number of hydrogen-bond acceptors (Lipinski definition) is 2. The molecule has 3 aromatic rings. The summed E-state index contributed by atoms with van der Waals surface area (Å²) < 4.78 is 1.67. The molecular formula is C20H22N2O. The van der Waals surface area contributed by atoms with Gasteiger partial charge in [0.25, 0.3) is 5.56 Å². The van der Waals surface area contributed by atoms with Gasteiger partial charge in [0, 0.05) is 0 Å². The van der Waals surface area contributed by atoms with Gasteiger partial charge < -0.3 is 0 Å². The van der Waals surface area contributed by atoms with Gasteiger partial charge in [-0.25, -0.2) is 4.98 Å². The molecule has 0 saturated carbocycles. The number of fused-ring (bicyclic) bond motifs is 1. The summed E-state index contributed by atoms with van der Waals surface area (Å²) in [5.74, 6) is 0. The van der Waals surface area contributed by atoms with Crippen LogP contribution in [0.5, 0.6) is 0 Å². The van der Waals surface area contributed by atoms with E-state index < -0.39 is 0 Å². The molecule has 1 heterocycles. The predicted octanol–water partition coefficient (Wildman–Crippen LogP) is 4.05. The zero-order valence-corrected chi connectivity index (χ0v) is 14.1. The second kappa shape index (κ2) is 5.65. The first kappa shape index (κ1) is 15.5. The number of rotatable bonds is 2. The summed E-state index contributed by atoms with van der Waals surface area (Å²) >= 11 is 0. The Kier molecular flexibility index (Phi) is 3.80. The van der Waals surface area contributed by atoms with Crippen molar-refractivity contribution >= 4 is 10.9 Å². The Labute approximate surface area is 136 Å². The summed E-state index contributed by atoms with van der Waals surface area (Å²) in [5.41, 5.74) is 4.36. The van der Waals surface area contributed by atoms with Crippen LogP contribution in [-0.2, 0) is 12.0 Å². The maximum Gasteiger partial charge on any atom is 0.261 e. The molecular weight excluding hydrogens is 284 g/mol. The number of para-hydroxylation sites is 1. The molecule has 3 heteroatoms. The van der Waals surface area contributed by atoms with Gasteiger partial charge in [-0.15, -0.1) is 0 Å². The second-order valence-corrected chi connectivity index (χ2v) is 7.10. The molecule has 0 spiro atoms. The highest BCUT2D eigenvalue weighted by atomic mass is 16.1. The molecule has 0 N–H and O–H groups in total. The highest BCUT2D eigenvalue weighted by molar-refractivity contribution is 5.80. The Morgan fingerprint density at radius 2 is 1.74 bits per heavy atom. The molecule has 0 unspecified atom stereocenters. The molecule has 0 radical (unpaired) electrons. The Hall–Kier alpha value is -2.42. The Bertz CT molecular complexity index is 900. The number of aromatic nitrogens is 2. The molecule has 118 valence electrons. The molecule has 0 fully saturated rings. The second-order valence-electron chi connectivity index (χ2n) is 7.10. The molecule has 3 rings (SSSR count). The van der Waals surface area contributed by atoms with E-state index in [1.807, 2.05) is 25.1 Å². The lowest BCUT2D eigenvalue weighted by Gasteiger charge is -2.19. The van der Waals surface area contributed by atoms with Crippen molar-refractivity contribution in [2.24, 2.45) is 0 Å². The van der Waals surface area contributed by atoms with Crippen LogP contribution in [0, 0.1) is 6.92 Å². The van der Waals surface area contributed by atoms with Crippen LogP contribution in [0.4, 0.5) is 0 Å². The number of hydrogen-bond donors (Lipinski definition) is 0. The van der Waals surface area contributed by atoms with Crippen LogP contribution in [0.3, 0.4) is 0 Å². The van der Waals surface area contributed by atoms with Crippen molar-refractivity contribution in [3.05, 3.63) is 75.8 Å². The van der Waals surface area contributed by atoms with Gasteiger partial charge in [0.15, 0.2) is 0 Å². The first-order valence-electron chi connectivity index (χ1n) is 7.90. The molecule has 0 aliphatic heterocycles. The van der Waals surface area contributed by atoms with E-state index in [4.69, 9.17) is 0 Å².